The second-order valence-corrected chi connectivity index (χ2v) is 7.04. The number of aromatic nitrogens is 1. The predicted molar refractivity (Wildman–Crippen MR) is 121 cm³/mol. The van der Waals surface area contributed by atoms with Gasteiger partial charge in [0.05, 0.1) is 6.61 Å². The van der Waals surface area contributed by atoms with Crippen LogP contribution < -0.4 is 10.2 Å². The summed E-state index contributed by atoms with van der Waals surface area (Å²) in [4.78, 5) is 23.0. The van der Waals surface area contributed by atoms with Crippen molar-refractivity contribution in [2.75, 3.05) is 30.9 Å². The molecule has 1 aliphatic rings. The highest BCUT2D eigenvalue weighted by atomic mass is 16.5. The fraction of sp³-hybridized carbons (Fsp3) is 0.174. The summed E-state index contributed by atoms with van der Waals surface area (Å²) in [5.41, 5.74) is 3.18. The number of ether oxygens (including phenoxy) is 1. The second kappa shape index (κ2) is 8.35. The molecule has 3 aromatic rings. The fourth-order valence-corrected chi connectivity index (χ4v) is 3.17. The second-order valence-electron chi connectivity index (χ2n) is 7.04. The van der Waals surface area contributed by atoms with Gasteiger partial charge in [-0.1, -0.05) is 0 Å². The normalized spacial score (nSPS) is 13.3. The first-order valence-electron chi connectivity index (χ1n) is 9.76. The molecular weight excluding hydrogens is 396 g/mol. The topological polar surface area (TPSA) is 100 Å². The van der Waals surface area contributed by atoms with Crippen LogP contribution >= 0.6 is 0 Å². The molecule has 1 aliphatic heterocycles. The van der Waals surface area contributed by atoms with Gasteiger partial charge < -0.3 is 24.5 Å². The Hall–Kier alpha value is -4.07. The lowest BCUT2D eigenvalue weighted by Gasteiger charge is -2.13. The average molecular weight is 418 g/mol. The molecule has 0 atom stereocenters. The van der Waals surface area contributed by atoms with E-state index in [1.54, 1.807) is 31.5 Å². The number of carbonyl (C=O) groups is 1. The van der Waals surface area contributed by atoms with E-state index in [0.29, 0.717) is 17.1 Å². The summed E-state index contributed by atoms with van der Waals surface area (Å²) in [6.45, 7) is 1.87. The van der Waals surface area contributed by atoms with Crippen molar-refractivity contribution in [1.29, 1.82) is 0 Å². The summed E-state index contributed by atoms with van der Waals surface area (Å²) >= 11 is 0. The van der Waals surface area contributed by atoms with Gasteiger partial charge >= 0.3 is 5.97 Å². The SMILES string of the molecule is CCOC(=O)c1c(Nc2ccc(N(C)C)cc2)oc(C=C2C=Nc3ncccc32)c1O. The Bertz CT molecular complexity index is 1180. The minimum absolute atomic E-state index is 0.0632. The first-order valence-corrected chi connectivity index (χ1v) is 9.76. The number of aliphatic imine (C=N–C) groups is 1. The highest BCUT2D eigenvalue weighted by Crippen LogP contribution is 2.39. The fourth-order valence-electron chi connectivity index (χ4n) is 3.17. The maximum atomic E-state index is 12.5. The predicted octanol–water partition coefficient (Wildman–Crippen LogP) is 4.62. The van der Waals surface area contributed by atoms with Crippen molar-refractivity contribution in [2.45, 2.75) is 6.92 Å². The largest absolute Gasteiger partial charge is 0.504 e. The summed E-state index contributed by atoms with van der Waals surface area (Å²) in [7, 11) is 3.90. The molecule has 3 heterocycles. The van der Waals surface area contributed by atoms with Gasteiger partial charge in [-0.15, -0.1) is 0 Å². The molecule has 0 radical (unpaired) electrons. The van der Waals surface area contributed by atoms with Crippen LogP contribution in [0.15, 0.2) is 52.0 Å². The summed E-state index contributed by atoms with van der Waals surface area (Å²) in [5, 5.41) is 13.8. The molecule has 2 aromatic heterocycles. The number of rotatable bonds is 6. The first-order chi connectivity index (χ1) is 15.0. The zero-order valence-electron chi connectivity index (χ0n) is 17.4. The lowest BCUT2D eigenvalue weighted by molar-refractivity contribution is 0.0524. The molecule has 0 fully saturated rings. The van der Waals surface area contributed by atoms with Crippen LogP contribution in [0.25, 0.3) is 11.6 Å². The Labute approximate surface area is 179 Å². The minimum Gasteiger partial charge on any atom is -0.504 e. The Morgan fingerprint density at radius 3 is 2.74 bits per heavy atom. The van der Waals surface area contributed by atoms with Crippen molar-refractivity contribution in [3.05, 3.63) is 59.5 Å². The maximum Gasteiger partial charge on any atom is 0.347 e. The highest BCUT2D eigenvalue weighted by molar-refractivity contribution is 6.21. The zero-order chi connectivity index (χ0) is 22.0. The van der Waals surface area contributed by atoms with Gasteiger partial charge in [0, 0.05) is 49.0 Å². The number of allylic oxidation sites excluding steroid dienone is 1. The Kier molecular flexibility index (Phi) is 5.44. The molecule has 0 saturated heterocycles. The molecule has 0 bridgehead atoms. The number of fused-ring (bicyclic) bond motifs is 1. The van der Waals surface area contributed by atoms with Crippen molar-refractivity contribution in [2.24, 2.45) is 4.99 Å². The van der Waals surface area contributed by atoms with Gasteiger partial charge in [0.2, 0.25) is 5.88 Å². The number of hydrogen-bond acceptors (Lipinski definition) is 8. The van der Waals surface area contributed by atoms with E-state index in [4.69, 9.17) is 9.15 Å². The number of aromatic hydroxyl groups is 1. The number of esters is 1. The zero-order valence-corrected chi connectivity index (χ0v) is 17.4. The van der Waals surface area contributed by atoms with Crippen LogP contribution in [0.4, 0.5) is 23.1 Å². The highest BCUT2D eigenvalue weighted by Gasteiger charge is 2.27. The Morgan fingerprint density at radius 2 is 2.03 bits per heavy atom. The quantitative estimate of drug-likeness (QED) is 0.563. The van der Waals surface area contributed by atoms with E-state index in [9.17, 15) is 9.90 Å². The molecular formula is C23H22N4O4. The van der Waals surface area contributed by atoms with Gasteiger partial charge in [0.1, 0.15) is 0 Å². The van der Waals surface area contributed by atoms with Gasteiger partial charge in [-0.05, 0) is 49.4 Å². The molecule has 0 saturated carbocycles. The number of anilines is 3. The van der Waals surface area contributed by atoms with Crippen LogP contribution in [0.3, 0.4) is 0 Å². The average Bonchev–Trinajstić information content (AvgIpc) is 3.30. The van der Waals surface area contributed by atoms with Gasteiger partial charge in [0.25, 0.3) is 0 Å². The van der Waals surface area contributed by atoms with E-state index < -0.39 is 5.97 Å². The summed E-state index contributed by atoms with van der Waals surface area (Å²) in [6, 6.07) is 11.2. The Balaban J connectivity index is 1.72. The van der Waals surface area contributed by atoms with E-state index in [1.807, 2.05) is 49.3 Å². The summed E-state index contributed by atoms with van der Waals surface area (Å²) < 4.78 is 11.0. The van der Waals surface area contributed by atoms with Crippen molar-refractivity contribution in [3.8, 4) is 5.75 Å². The molecule has 0 aliphatic carbocycles. The third-order valence-electron chi connectivity index (χ3n) is 4.74. The lowest BCUT2D eigenvalue weighted by atomic mass is 10.1. The lowest BCUT2D eigenvalue weighted by Crippen LogP contribution is -2.08. The number of benzene rings is 1. The van der Waals surface area contributed by atoms with Crippen LogP contribution in [-0.4, -0.2) is 43.0 Å². The molecule has 31 heavy (non-hydrogen) atoms. The van der Waals surface area contributed by atoms with E-state index in [2.05, 4.69) is 15.3 Å². The van der Waals surface area contributed by atoms with Crippen LogP contribution in [0.1, 0.15) is 28.6 Å². The molecule has 2 N–H and O–H groups in total. The number of nitrogens with one attached hydrogen (secondary N) is 1. The summed E-state index contributed by atoms with van der Waals surface area (Å²) in [5.74, 6) is -0.174. The summed E-state index contributed by atoms with van der Waals surface area (Å²) in [6.07, 6.45) is 4.91. The number of carbonyl (C=O) groups excluding carboxylic acids is 1. The molecule has 0 spiro atoms. The molecule has 8 heteroatoms. The van der Waals surface area contributed by atoms with Gasteiger partial charge in [-0.2, -0.15) is 0 Å². The van der Waals surface area contributed by atoms with Crippen LogP contribution in [-0.2, 0) is 4.74 Å². The van der Waals surface area contributed by atoms with Crippen molar-refractivity contribution in [1.82, 2.24) is 4.98 Å². The molecule has 158 valence electrons. The van der Waals surface area contributed by atoms with Crippen molar-refractivity contribution < 1.29 is 19.1 Å². The molecule has 0 amide bonds. The third kappa shape index (κ3) is 4.00. The number of hydrogen-bond donors (Lipinski definition) is 2. The molecule has 8 nitrogen and oxygen atoms in total. The smallest absolute Gasteiger partial charge is 0.347 e. The number of pyridine rings is 1. The third-order valence-corrected chi connectivity index (χ3v) is 4.74. The van der Waals surface area contributed by atoms with Crippen molar-refractivity contribution in [3.63, 3.8) is 0 Å². The number of furan rings is 1. The van der Waals surface area contributed by atoms with Gasteiger partial charge in [-0.3, -0.25) is 0 Å². The van der Waals surface area contributed by atoms with Crippen molar-refractivity contribution >= 4 is 46.9 Å². The molecule has 4 rings (SSSR count). The monoisotopic (exact) mass is 418 g/mol. The van der Waals surface area contributed by atoms with Crippen LogP contribution in [0, 0.1) is 0 Å². The van der Waals surface area contributed by atoms with Gasteiger partial charge in [0.15, 0.2) is 22.9 Å². The Morgan fingerprint density at radius 1 is 1.26 bits per heavy atom. The van der Waals surface area contributed by atoms with Gasteiger partial charge in [-0.25, -0.2) is 14.8 Å². The van der Waals surface area contributed by atoms with E-state index in [1.165, 1.54) is 0 Å². The van der Waals surface area contributed by atoms with E-state index >= 15 is 0 Å². The van der Waals surface area contributed by atoms with Crippen LogP contribution in [0.2, 0.25) is 0 Å². The van der Waals surface area contributed by atoms with E-state index in [-0.39, 0.29) is 29.6 Å². The van der Waals surface area contributed by atoms with Crippen LogP contribution in [0.5, 0.6) is 5.75 Å². The maximum absolute atomic E-state index is 12.5. The molecule has 0 unspecified atom stereocenters. The number of nitrogens with zero attached hydrogens (tertiary/aromatic N) is 3. The van der Waals surface area contributed by atoms with E-state index in [0.717, 1.165) is 11.3 Å². The first kappa shape index (κ1) is 20.2. The minimum atomic E-state index is -0.678. The standard InChI is InChI=1S/C23H22N4O4/c1-4-30-23(29)19-20(28)18(12-14-13-25-21-17(14)6-5-11-24-21)31-22(19)26-15-7-9-16(10-8-15)27(2)3/h5-13,26,28H,4H2,1-3H3. The molecule has 1 aromatic carbocycles.